The molecule has 0 saturated heterocycles. The molecule has 0 atom stereocenters. The minimum Gasteiger partial charge on any atom is -0.466 e. The van der Waals surface area contributed by atoms with Crippen LogP contribution in [0.5, 0.6) is 0 Å². The van der Waals surface area contributed by atoms with Crippen molar-refractivity contribution in [3.05, 3.63) is 0 Å². The van der Waals surface area contributed by atoms with Crippen LogP contribution >= 0.6 is 0 Å². The predicted molar refractivity (Wildman–Crippen MR) is 83.1 cm³/mol. The quantitative estimate of drug-likeness (QED) is 0.269. The van der Waals surface area contributed by atoms with Crippen LogP contribution in [0.1, 0.15) is 12.8 Å². The van der Waals surface area contributed by atoms with Gasteiger partial charge in [0.05, 0.1) is 33.7 Å². The maximum atomic E-state index is 11.6. The van der Waals surface area contributed by atoms with Crippen molar-refractivity contribution in [2.24, 2.45) is 0 Å². The summed E-state index contributed by atoms with van der Waals surface area (Å²) in [6.07, 6.45) is 0.910. The molecule has 0 rings (SSSR count). The number of carbonyl (C=O) groups is 1. The van der Waals surface area contributed by atoms with Gasteiger partial charge in [0, 0.05) is 28.7 Å². The second kappa shape index (κ2) is 8.77. The van der Waals surface area contributed by atoms with E-state index in [9.17, 15) is 4.79 Å². The van der Waals surface area contributed by atoms with Crippen molar-refractivity contribution in [1.82, 2.24) is 0 Å². The third-order valence-electron chi connectivity index (χ3n) is 3.20. The topological polar surface area (TPSA) is 44.8 Å². The molecule has 0 aromatic heterocycles. The lowest BCUT2D eigenvalue weighted by Crippen LogP contribution is -2.51. The molecule has 5 nitrogen and oxygen atoms in total. The van der Waals surface area contributed by atoms with Gasteiger partial charge in [-0.25, -0.2) is 0 Å². The average Bonchev–Trinajstić information content (AvgIpc) is 2.28. The molecule has 0 aromatic carbocycles. The van der Waals surface area contributed by atoms with Crippen molar-refractivity contribution >= 4 is 14.0 Å². The van der Waals surface area contributed by atoms with E-state index >= 15 is 0 Å². The van der Waals surface area contributed by atoms with Gasteiger partial charge in [0.1, 0.15) is 0 Å². The smallest absolute Gasteiger partial charge is 0.308 e. The van der Waals surface area contributed by atoms with Gasteiger partial charge in [-0.3, -0.25) is 9.28 Å². The van der Waals surface area contributed by atoms with Crippen LogP contribution < -0.4 is 0 Å². The third-order valence-corrected chi connectivity index (χ3v) is 4.91. The van der Waals surface area contributed by atoms with Gasteiger partial charge in [-0.2, -0.15) is 0 Å². The second-order valence-corrected chi connectivity index (χ2v) is 12.5. The Kier molecular flexibility index (Phi) is 8.58. The van der Waals surface area contributed by atoms with Gasteiger partial charge in [0.25, 0.3) is 0 Å². The zero-order chi connectivity index (χ0) is 15.8. The number of nitrogens with zero attached hydrogens (tertiary/aromatic N) is 1. The van der Waals surface area contributed by atoms with Crippen LogP contribution in [0.3, 0.4) is 0 Å². The highest BCUT2D eigenvalue weighted by molar-refractivity contribution is 6.76. The van der Waals surface area contributed by atoms with E-state index in [1.807, 2.05) is 14.1 Å². The Hall–Kier alpha value is -0.433. The lowest BCUT2D eigenvalue weighted by molar-refractivity contribution is -0.961. The molecule has 0 spiro atoms. The molecule has 0 aliphatic rings. The van der Waals surface area contributed by atoms with Gasteiger partial charge >= 0.3 is 12.4 Å². The van der Waals surface area contributed by atoms with Gasteiger partial charge in [-0.05, 0) is 6.04 Å². The first-order valence-corrected chi connectivity index (χ1v) is 10.9. The van der Waals surface area contributed by atoms with E-state index in [0.29, 0.717) is 17.5 Å². The van der Waals surface area contributed by atoms with Gasteiger partial charge in [0.15, 0.2) is 0 Å². The van der Waals surface area contributed by atoms with Crippen molar-refractivity contribution < 1.29 is 23.5 Å². The third kappa shape index (κ3) is 8.68. The molecule has 0 aliphatic carbocycles. The first-order chi connectivity index (χ1) is 9.12. The van der Waals surface area contributed by atoms with E-state index in [1.165, 1.54) is 0 Å². The molecule has 6 heteroatoms. The maximum Gasteiger partial charge on any atom is 0.308 e. The van der Waals surface area contributed by atoms with Crippen molar-refractivity contribution in [3.8, 4) is 0 Å². The normalized spacial score (nSPS) is 12.8. The summed E-state index contributed by atoms with van der Waals surface area (Å²) in [4.78, 5) is 11.6. The van der Waals surface area contributed by atoms with Gasteiger partial charge < -0.3 is 14.2 Å². The van der Waals surface area contributed by atoms with Gasteiger partial charge in [0.2, 0.25) is 0 Å². The molecule has 0 aromatic rings. The van der Waals surface area contributed by atoms with E-state index in [1.54, 1.807) is 14.2 Å². The standard InChI is InChI=1S/C14H32NO4Si/c1-15(2,14(17-3)18-4)10-8-9-13(16)19-11-12-20(5,6)7/h14H,8-12H2,1-7H3/q+1. The SMILES string of the molecule is COC(OC)[N+](C)(C)CCCC(=O)OCC[Si](C)(C)C. The highest BCUT2D eigenvalue weighted by Gasteiger charge is 2.27. The van der Waals surface area contributed by atoms with Crippen LogP contribution in [0, 0.1) is 0 Å². The minimum atomic E-state index is -1.12. The number of esters is 1. The van der Waals surface area contributed by atoms with E-state index in [0.717, 1.165) is 19.0 Å². The second-order valence-electron chi connectivity index (χ2n) is 6.92. The number of ether oxygens (including phenoxy) is 3. The Bertz CT molecular complexity index is 285. The van der Waals surface area contributed by atoms with Crippen molar-refractivity contribution in [3.63, 3.8) is 0 Å². The summed E-state index contributed by atoms with van der Waals surface area (Å²) in [7, 11) is 6.17. The van der Waals surface area contributed by atoms with Crippen LogP contribution in [0.2, 0.25) is 25.7 Å². The lowest BCUT2D eigenvalue weighted by atomic mass is 10.3. The molecule has 120 valence electrons. The number of methoxy groups -OCH3 is 2. The molecular weight excluding hydrogens is 274 g/mol. The fraction of sp³-hybridized carbons (Fsp3) is 0.929. The molecule has 0 saturated carbocycles. The number of carbonyl (C=O) groups excluding carboxylic acids is 1. The van der Waals surface area contributed by atoms with Crippen LogP contribution in [0.25, 0.3) is 0 Å². The fourth-order valence-corrected chi connectivity index (χ4v) is 2.66. The van der Waals surface area contributed by atoms with E-state index in [-0.39, 0.29) is 12.4 Å². The Labute approximate surface area is 124 Å². The number of hydrogen-bond donors (Lipinski definition) is 0. The average molecular weight is 306 g/mol. The summed E-state index contributed by atoms with van der Waals surface area (Å²) in [5.74, 6) is -0.102. The first kappa shape index (κ1) is 19.6. The van der Waals surface area contributed by atoms with Crippen LogP contribution in [-0.2, 0) is 19.0 Å². The Morgan fingerprint density at radius 1 is 1.15 bits per heavy atom. The summed E-state index contributed by atoms with van der Waals surface area (Å²) in [6.45, 7) is 8.18. The molecule has 0 amide bonds. The molecule has 0 aliphatic heterocycles. The highest BCUT2D eigenvalue weighted by atomic mass is 28.3. The van der Waals surface area contributed by atoms with E-state index < -0.39 is 8.07 Å². The van der Waals surface area contributed by atoms with Gasteiger partial charge in [-0.1, -0.05) is 19.6 Å². The van der Waals surface area contributed by atoms with Crippen LogP contribution in [0.4, 0.5) is 0 Å². The predicted octanol–water partition coefficient (Wildman–Crippen LogP) is 2.30. The molecule has 0 heterocycles. The number of quaternary nitrogens is 1. The summed E-state index contributed by atoms with van der Waals surface area (Å²) in [5, 5.41) is 0. The first-order valence-electron chi connectivity index (χ1n) is 7.16. The van der Waals surface area contributed by atoms with E-state index in [4.69, 9.17) is 14.2 Å². The van der Waals surface area contributed by atoms with Crippen LogP contribution in [-0.4, -0.2) is 66.4 Å². The zero-order valence-electron chi connectivity index (χ0n) is 14.2. The lowest BCUT2D eigenvalue weighted by Gasteiger charge is -2.34. The van der Waals surface area contributed by atoms with Gasteiger partial charge in [-0.15, -0.1) is 0 Å². The number of rotatable bonds is 10. The highest BCUT2D eigenvalue weighted by Crippen LogP contribution is 2.12. The van der Waals surface area contributed by atoms with Crippen molar-refractivity contribution in [2.45, 2.75) is 44.9 Å². The number of hydrogen-bond acceptors (Lipinski definition) is 4. The van der Waals surface area contributed by atoms with Crippen LogP contribution in [0.15, 0.2) is 0 Å². The Morgan fingerprint density at radius 2 is 1.70 bits per heavy atom. The zero-order valence-corrected chi connectivity index (χ0v) is 15.2. The molecule has 0 bridgehead atoms. The summed E-state index contributed by atoms with van der Waals surface area (Å²) in [5.41, 5.74) is 0. The summed E-state index contributed by atoms with van der Waals surface area (Å²) < 4.78 is 16.4. The molecular formula is C14H32NO4Si+. The Morgan fingerprint density at radius 3 is 2.15 bits per heavy atom. The maximum absolute atomic E-state index is 11.6. The molecule has 0 unspecified atom stereocenters. The summed E-state index contributed by atoms with van der Waals surface area (Å²) in [6, 6.07) is 1.02. The molecule has 0 radical (unpaired) electrons. The molecule has 0 fully saturated rings. The van der Waals surface area contributed by atoms with E-state index in [2.05, 4.69) is 19.6 Å². The largest absolute Gasteiger partial charge is 0.466 e. The molecule has 0 N–H and O–H groups in total. The van der Waals surface area contributed by atoms with Crippen molar-refractivity contribution in [1.29, 1.82) is 0 Å². The summed E-state index contributed by atoms with van der Waals surface area (Å²) >= 11 is 0. The molecule has 20 heavy (non-hydrogen) atoms. The minimum absolute atomic E-state index is 0.102. The monoisotopic (exact) mass is 306 g/mol. The van der Waals surface area contributed by atoms with Crippen molar-refractivity contribution in [2.75, 3.05) is 41.5 Å². The fourth-order valence-electron chi connectivity index (χ4n) is 1.95. The Balaban J connectivity index is 3.91.